The number of benzene rings is 1. The van der Waals surface area contributed by atoms with Gasteiger partial charge in [0.25, 0.3) is 0 Å². The molecule has 0 aliphatic carbocycles. The van der Waals surface area contributed by atoms with Crippen LogP contribution in [0.25, 0.3) is 0 Å². The molecule has 90 valence electrons. The van der Waals surface area contributed by atoms with Gasteiger partial charge in [-0.05, 0) is 12.5 Å². The molecule has 3 nitrogen and oxygen atoms in total. The normalized spacial score (nSPS) is 22.9. The van der Waals surface area contributed by atoms with Gasteiger partial charge in [0, 0.05) is 32.2 Å². The predicted molar refractivity (Wildman–Crippen MR) is 68.7 cm³/mol. The number of hydrogen-bond donors (Lipinski definition) is 1. The van der Waals surface area contributed by atoms with Crippen molar-refractivity contribution < 1.29 is 0 Å². The molecule has 0 radical (unpaired) electrons. The minimum absolute atomic E-state index is 0.0169. The molecule has 2 rings (SSSR count). The van der Waals surface area contributed by atoms with Crippen molar-refractivity contribution in [1.82, 2.24) is 10.2 Å². The molecule has 1 unspecified atom stereocenters. The van der Waals surface area contributed by atoms with E-state index >= 15 is 0 Å². The Hall–Kier alpha value is -1.37. The highest BCUT2D eigenvalue weighted by Crippen LogP contribution is 2.17. The highest BCUT2D eigenvalue weighted by atomic mass is 15.2. The van der Waals surface area contributed by atoms with Crippen LogP contribution >= 0.6 is 0 Å². The van der Waals surface area contributed by atoms with E-state index in [1.54, 1.807) is 0 Å². The van der Waals surface area contributed by atoms with Crippen LogP contribution in [0.5, 0.6) is 0 Å². The monoisotopic (exact) mass is 229 g/mol. The molecule has 0 aromatic heterocycles. The second-order valence-electron chi connectivity index (χ2n) is 4.64. The average molecular weight is 229 g/mol. The summed E-state index contributed by atoms with van der Waals surface area (Å²) in [6, 6.07) is 13.0. The SMILES string of the molecule is C[C@@H]1CNCCN1CC(C#N)c1ccccc1. The lowest BCUT2D eigenvalue weighted by atomic mass is 9.99. The maximum Gasteiger partial charge on any atom is 0.0839 e. The van der Waals surface area contributed by atoms with Crippen LogP contribution < -0.4 is 5.32 Å². The lowest BCUT2D eigenvalue weighted by molar-refractivity contribution is 0.171. The first kappa shape index (κ1) is 12.1. The Morgan fingerprint density at radius 2 is 2.24 bits per heavy atom. The van der Waals surface area contributed by atoms with Crippen LogP contribution in [0.4, 0.5) is 0 Å². The van der Waals surface area contributed by atoms with Gasteiger partial charge in [-0.1, -0.05) is 30.3 Å². The molecule has 1 N–H and O–H groups in total. The molecule has 0 amide bonds. The van der Waals surface area contributed by atoms with Crippen molar-refractivity contribution in [3.8, 4) is 6.07 Å². The minimum atomic E-state index is -0.0169. The Morgan fingerprint density at radius 1 is 1.47 bits per heavy atom. The van der Waals surface area contributed by atoms with Crippen molar-refractivity contribution >= 4 is 0 Å². The Bertz CT molecular complexity index is 382. The number of rotatable bonds is 3. The molecule has 1 saturated heterocycles. The third kappa shape index (κ3) is 3.06. The Kier molecular flexibility index (Phi) is 4.13. The fourth-order valence-electron chi connectivity index (χ4n) is 2.29. The first-order valence-corrected chi connectivity index (χ1v) is 6.20. The lowest BCUT2D eigenvalue weighted by Gasteiger charge is -2.35. The standard InChI is InChI=1S/C14H19N3/c1-12-10-16-7-8-17(12)11-14(9-15)13-5-3-2-4-6-13/h2-6,12,14,16H,7-8,10-11H2,1H3/t12-,14?/m1/s1. The van der Waals surface area contributed by atoms with Gasteiger partial charge in [0.2, 0.25) is 0 Å². The van der Waals surface area contributed by atoms with Crippen LogP contribution in [-0.4, -0.2) is 37.1 Å². The number of hydrogen-bond acceptors (Lipinski definition) is 3. The van der Waals surface area contributed by atoms with Crippen molar-refractivity contribution in [2.45, 2.75) is 18.9 Å². The average Bonchev–Trinajstić information content (AvgIpc) is 2.39. The molecule has 1 heterocycles. The summed E-state index contributed by atoms with van der Waals surface area (Å²) >= 11 is 0. The molecule has 1 aromatic carbocycles. The Morgan fingerprint density at radius 3 is 2.88 bits per heavy atom. The molecule has 3 heteroatoms. The fraction of sp³-hybridized carbons (Fsp3) is 0.500. The van der Waals surface area contributed by atoms with Crippen LogP contribution in [0.3, 0.4) is 0 Å². The highest BCUT2D eigenvalue weighted by molar-refractivity contribution is 5.25. The summed E-state index contributed by atoms with van der Waals surface area (Å²) in [5, 5.41) is 12.7. The van der Waals surface area contributed by atoms with Gasteiger partial charge in [-0.2, -0.15) is 5.26 Å². The zero-order valence-electron chi connectivity index (χ0n) is 10.3. The molecule has 2 atom stereocenters. The summed E-state index contributed by atoms with van der Waals surface area (Å²) in [6.07, 6.45) is 0. The smallest absolute Gasteiger partial charge is 0.0839 e. The zero-order chi connectivity index (χ0) is 12.1. The quantitative estimate of drug-likeness (QED) is 0.855. The molecule has 1 fully saturated rings. The molecule has 0 bridgehead atoms. The molecular weight excluding hydrogens is 210 g/mol. The number of nitrogens with zero attached hydrogens (tertiary/aromatic N) is 2. The fourth-order valence-corrected chi connectivity index (χ4v) is 2.29. The predicted octanol–water partition coefficient (Wildman–Crippen LogP) is 1.59. The van der Waals surface area contributed by atoms with Crippen LogP contribution in [0, 0.1) is 11.3 Å². The molecule has 1 aliphatic heterocycles. The third-order valence-corrected chi connectivity index (χ3v) is 3.41. The van der Waals surface area contributed by atoms with Crippen molar-refractivity contribution in [2.75, 3.05) is 26.2 Å². The van der Waals surface area contributed by atoms with Crippen molar-refractivity contribution in [1.29, 1.82) is 5.26 Å². The van der Waals surface area contributed by atoms with Gasteiger partial charge >= 0.3 is 0 Å². The summed E-state index contributed by atoms with van der Waals surface area (Å²) in [5.74, 6) is -0.0169. The first-order valence-electron chi connectivity index (χ1n) is 6.20. The zero-order valence-corrected chi connectivity index (χ0v) is 10.3. The van der Waals surface area contributed by atoms with Gasteiger partial charge in [-0.3, -0.25) is 4.90 Å². The van der Waals surface area contributed by atoms with Gasteiger partial charge < -0.3 is 5.32 Å². The number of piperazine rings is 1. The van der Waals surface area contributed by atoms with Gasteiger partial charge in [0.15, 0.2) is 0 Å². The summed E-state index contributed by atoms with van der Waals surface area (Å²) in [7, 11) is 0. The highest BCUT2D eigenvalue weighted by Gasteiger charge is 2.22. The van der Waals surface area contributed by atoms with Gasteiger partial charge in [-0.15, -0.1) is 0 Å². The number of nitriles is 1. The summed E-state index contributed by atoms with van der Waals surface area (Å²) < 4.78 is 0. The topological polar surface area (TPSA) is 39.1 Å². The van der Waals surface area contributed by atoms with Crippen LogP contribution in [0.15, 0.2) is 30.3 Å². The number of nitrogens with one attached hydrogen (secondary N) is 1. The van der Waals surface area contributed by atoms with E-state index in [2.05, 4.69) is 23.2 Å². The van der Waals surface area contributed by atoms with Gasteiger partial charge in [-0.25, -0.2) is 0 Å². The molecule has 0 spiro atoms. The summed E-state index contributed by atoms with van der Waals surface area (Å²) in [4.78, 5) is 2.40. The van der Waals surface area contributed by atoms with Crippen molar-refractivity contribution in [3.63, 3.8) is 0 Å². The minimum Gasteiger partial charge on any atom is -0.314 e. The largest absolute Gasteiger partial charge is 0.314 e. The molecule has 17 heavy (non-hydrogen) atoms. The summed E-state index contributed by atoms with van der Waals surface area (Å²) in [5.41, 5.74) is 1.13. The van der Waals surface area contributed by atoms with Gasteiger partial charge in [0.05, 0.1) is 12.0 Å². The second kappa shape index (κ2) is 5.81. The molecular formula is C14H19N3. The van der Waals surface area contributed by atoms with Crippen molar-refractivity contribution in [2.24, 2.45) is 0 Å². The van der Waals surface area contributed by atoms with Crippen LogP contribution in [0.2, 0.25) is 0 Å². The van der Waals surface area contributed by atoms with E-state index in [9.17, 15) is 5.26 Å². The van der Waals surface area contributed by atoms with Crippen LogP contribution in [-0.2, 0) is 0 Å². The Labute approximate surface area is 103 Å². The second-order valence-corrected chi connectivity index (χ2v) is 4.64. The summed E-state index contributed by atoms with van der Waals surface area (Å²) in [6.45, 7) is 6.13. The maximum atomic E-state index is 9.30. The van der Waals surface area contributed by atoms with E-state index in [-0.39, 0.29) is 5.92 Å². The van der Waals surface area contributed by atoms with E-state index < -0.39 is 0 Å². The van der Waals surface area contributed by atoms with E-state index in [1.807, 2.05) is 30.3 Å². The Balaban J connectivity index is 2.03. The van der Waals surface area contributed by atoms with Gasteiger partial charge in [0.1, 0.15) is 0 Å². The van der Waals surface area contributed by atoms with Crippen molar-refractivity contribution in [3.05, 3.63) is 35.9 Å². The van der Waals surface area contributed by atoms with E-state index in [0.717, 1.165) is 31.7 Å². The third-order valence-electron chi connectivity index (χ3n) is 3.41. The van der Waals surface area contributed by atoms with E-state index in [0.29, 0.717) is 6.04 Å². The maximum absolute atomic E-state index is 9.30. The first-order chi connectivity index (χ1) is 8.31. The van der Waals surface area contributed by atoms with Crippen LogP contribution in [0.1, 0.15) is 18.4 Å². The molecule has 0 saturated carbocycles. The van der Waals surface area contributed by atoms with E-state index in [1.165, 1.54) is 0 Å². The molecule has 1 aliphatic rings. The lowest BCUT2D eigenvalue weighted by Crippen LogP contribution is -2.50. The molecule has 1 aromatic rings. The van der Waals surface area contributed by atoms with E-state index in [4.69, 9.17) is 0 Å².